The van der Waals surface area contributed by atoms with Gasteiger partial charge in [-0.25, -0.2) is 0 Å². The van der Waals surface area contributed by atoms with Gasteiger partial charge in [0.2, 0.25) is 5.53 Å². The second-order valence-electron chi connectivity index (χ2n) is 5.55. The molecule has 6 nitrogen and oxygen atoms in total. The Morgan fingerprint density at radius 3 is 1.75 bits per heavy atom. The summed E-state index contributed by atoms with van der Waals surface area (Å²) in [6.45, 7) is 16.2. The lowest BCUT2D eigenvalue weighted by molar-refractivity contribution is -0.192. The Labute approximate surface area is 150 Å². The SMILES string of the molecule is CCOC1(OCC)NCC[Si]1C(CC)[Si](OCC)(OCC)OCC. The fourth-order valence-corrected chi connectivity index (χ4v) is 12.6. The average Bonchev–Trinajstić information content (AvgIpc) is 2.93. The summed E-state index contributed by atoms with van der Waals surface area (Å²) >= 11 is 0. The van der Waals surface area contributed by atoms with E-state index < -0.39 is 23.1 Å². The number of hydrogen-bond acceptors (Lipinski definition) is 6. The summed E-state index contributed by atoms with van der Waals surface area (Å²) in [4.78, 5) is 0. The summed E-state index contributed by atoms with van der Waals surface area (Å²) in [6.07, 6.45) is 0.949. The molecule has 1 aliphatic heterocycles. The zero-order valence-corrected chi connectivity index (χ0v) is 18.3. The van der Waals surface area contributed by atoms with Gasteiger partial charge in [0.1, 0.15) is 0 Å². The number of rotatable bonds is 13. The predicted octanol–water partition coefficient (Wildman–Crippen LogP) is 2.72. The van der Waals surface area contributed by atoms with E-state index in [4.69, 9.17) is 22.8 Å². The van der Waals surface area contributed by atoms with E-state index in [1.165, 1.54) is 0 Å². The highest BCUT2D eigenvalue weighted by atomic mass is 28.4. The van der Waals surface area contributed by atoms with Crippen LogP contribution in [0.1, 0.15) is 48.0 Å². The Morgan fingerprint density at radius 1 is 0.875 bits per heavy atom. The number of nitrogens with one attached hydrogen (secondary N) is 1. The Bertz CT molecular complexity index is 325. The highest BCUT2D eigenvalue weighted by Gasteiger charge is 2.60. The molecule has 1 heterocycles. The molecule has 0 aromatic rings. The molecule has 0 bridgehead atoms. The summed E-state index contributed by atoms with van der Waals surface area (Å²) in [5.41, 5.74) is -0.668. The Morgan fingerprint density at radius 2 is 1.38 bits per heavy atom. The third-order valence-corrected chi connectivity index (χ3v) is 13.0. The molecule has 0 aromatic carbocycles. The van der Waals surface area contributed by atoms with Crippen molar-refractivity contribution in [3.05, 3.63) is 0 Å². The van der Waals surface area contributed by atoms with Crippen molar-refractivity contribution in [3.63, 3.8) is 0 Å². The molecule has 0 aliphatic carbocycles. The van der Waals surface area contributed by atoms with Crippen LogP contribution in [0.4, 0.5) is 0 Å². The summed E-state index contributed by atoms with van der Waals surface area (Å²) in [5, 5.41) is 3.72. The zero-order chi connectivity index (χ0) is 18.1. The molecule has 0 saturated carbocycles. The Hall–Kier alpha value is 0.194. The molecule has 0 amide bonds. The highest BCUT2D eigenvalue weighted by Crippen LogP contribution is 2.40. The van der Waals surface area contributed by atoms with Gasteiger partial charge in [-0.3, -0.25) is 5.32 Å². The van der Waals surface area contributed by atoms with Crippen LogP contribution in [0.2, 0.25) is 11.2 Å². The van der Waals surface area contributed by atoms with Crippen molar-refractivity contribution >= 4 is 17.6 Å². The molecule has 1 radical (unpaired) electrons. The molecular formula is C16H36NO5Si2. The summed E-state index contributed by atoms with van der Waals surface area (Å²) < 4.78 is 30.9. The minimum Gasteiger partial charge on any atom is -0.374 e. The fraction of sp³-hybridized carbons (Fsp3) is 1.00. The monoisotopic (exact) mass is 378 g/mol. The quantitative estimate of drug-likeness (QED) is 0.393. The van der Waals surface area contributed by atoms with Gasteiger partial charge in [-0.1, -0.05) is 13.3 Å². The van der Waals surface area contributed by atoms with Crippen LogP contribution in [0.5, 0.6) is 0 Å². The fourth-order valence-electron chi connectivity index (χ4n) is 3.52. The molecule has 0 aromatic heterocycles. The summed E-state index contributed by atoms with van der Waals surface area (Å²) in [7, 11) is -3.91. The molecule has 143 valence electrons. The molecule has 1 fully saturated rings. The van der Waals surface area contributed by atoms with E-state index in [1.54, 1.807) is 0 Å². The molecule has 1 unspecified atom stereocenters. The lowest BCUT2D eigenvalue weighted by atomic mass is 10.6. The number of ether oxygens (including phenoxy) is 2. The average molecular weight is 379 g/mol. The summed E-state index contributed by atoms with van der Waals surface area (Å²) in [5.74, 6) is 0. The van der Waals surface area contributed by atoms with Crippen LogP contribution in [0.15, 0.2) is 0 Å². The van der Waals surface area contributed by atoms with Gasteiger partial charge >= 0.3 is 8.80 Å². The van der Waals surface area contributed by atoms with E-state index in [0.29, 0.717) is 33.0 Å². The molecule has 1 aliphatic rings. The third-order valence-electron chi connectivity index (χ3n) is 4.16. The topological polar surface area (TPSA) is 58.2 Å². The van der Waals surface area contributed by atoms with E-state index in [9.17, 15) is 0 Å². The van der Waals surface area contributed by atoms with Gasteiger partial charge < -0.3 is 22.8 Å². The van der Waals surface area contributed by atoms with Crippen molar-refractivity contribution in [3.8, 4) is 0 Å². The molecule has 0 spiro atoms. The van der Waals surface area contributed by atoms with Gasteiger partial charge in [-0.05, 0) is 47.2 Å². The maximum atomic E-state index is 6.21. The Kier molecular flexibility index (Phi) is 10.2. The minimum atomic E-state index is -2.79. The van der Waals surface area contributed by atoms with Gasteiger partial charge in [0.15, 0.2) is 8.80 Å². The van der Waals surface area contributed by atoms with Crippen LogP contribution in [0, 0.1) is 0 Å². The zero-order valence-electron chi connectivity index (χ0n) is 16.3. The lowest BCUT2D eigenvalue weighted by Crippen LogP contribution is -2.63. The first-order valence-corrected chi connectivity index (χ1v) is 13.0. The van der Waals surface area contributed by atoms with Crippen LogP contribution in [-0.2, 0) is 22.8 Å². The van der Waals surface area contributed by atoms with Crippen molar-refractivity contribution in [1.82, 2.24) is 5.32 Å². The first-order valence-electron chi connectivity index (χ1n) is 9.40. The van der Waals surface area contributed by atoms with Crippen molar-refractivity contribution in [2.24, 2.45) is 0 Å². The van der Waals surface area contributed by atoms with Gasteiger partial charge in [-0.2, -0.15) is 0 Å². The maximum Gasteiger partial charge on any atom is 0.501 e. The molecule has 24 heavy (non-hydrogen) atoms. The molecule has 8 heteroatoms. The summed E-state index contributed by atoms with van der Waals surface area (Å²) in [6, 6.07) is 1.06. The van der Waals surface area contributed by atoms with Crippen LogP contribution < -0.4 is 5.32 Å². The van der Waals surface area contributed by atoms with Gasteiger partial charge in [0.05, 0.1) is 0 Å². The van der Waals surface area contributed by atoms with Gasteiger partial charge in [-0.15, -0.1) is 0 Å². The Balaban J connectivity index is 3.21. The second kappa shape index (κ2) is 11.0. The number of hydrogen-bond donors (Lipinski definition) is 1. The third kappa shape index (κ3) is 4.88. The van der Waals surface area contributed by atoms with Crippen molar-refractivity contribution in [1.29, 1.82) is 0 Å². The largest absolute Gasteiger partial charge is 0.501 e. The van der Waals surface area contributed by atoms with Crippen LogP contribution in [0.3, 0.4) is 0 Å². The predicted molar refractivity (Wildman–Crippen MR) is 99.2 cm³/mol. The standard InChI is InChI=1S/C16H36NO5Si2/c1-7-15(24(20-10-4,21-11-5)22-12-6)23-14-13-17-16(23,18-8-2)19-9-3/h15,17H,7-14H2,1-6H3. The second-order valence-corrected chi connectivity index (χ2v) is 11.8. The van der Waals surface area contributed by atoms with Gasteiger partial charge in [0.25, 0.3) is 0 Å². The van der Waals surface area contributed by atoms with Crippen LogP contribution >= 0.6 is 0 Å². The molecule has 1 saturated heterocycles. The van der Waals surface area contributed by atoms with E-state index in [1.807, 2.05) is 34.6 Å². The lowest BCUT2D eigenvalue weighted by Gasteiger charge is -2.42. The van der Waals surface area contributed by atoms with Crippen LogP contribution in [-0.4, -0.2) is 62.7 Å². The highest BCUT2D eigenvalue weighted by molar-refractivity contribution is 6.82. The van der Waals surface area contributed by atoms with Gasteiger partial charge in [0, 0.05) is 38.2 Å². The first kappa shape index (κ1) is 22.2. The minimum absolute atomic E-state index is 0.232. The molecule has 1 atom stereocenters. The van der Waals surface area contributed by atoms with E-state index in [0.717, 1.165) is 19.0 Å². The van der Waals surface area contributed by atoms with E-state index in [2.05, 4.69) is 12.2 Å². The van der Waals surface area contributed by atoms with Crippen molar-refractivity contribution in [2.45, 2.75) is 64.7 Å². The molecular weight excluding hydrogens is 342 g/mol. The maximum absolute atomic E-state index is 6.21. The smallest absolute Gasteiger partial charge is 0.374 e. The van der Waals surface area contributed by atoms with Crippen molar-refractivity contribution < 1.29 is 22.8 Å². The van der Waals surface area contributed by atoms with E-state index in [-0.39, 0.29) is 5.16 Å². The first-order chi connectivity index (χ1) is 11.6. The molecule has 1 rings (SSSR count). The van der Waals surface area contributed by atoms with E-state index >= 15 is 0 Å². The van der Waals surface area contributed by atoms with Crippen LogP contribution in [0.25, 0.3) is 0 Å². The molecule has 1 N–H and O–H groups in total. The normalized spacial score (nSPS) is 19.8. The van der Waals surface area contributed by atoms with Crippen molar-refractivity contribution in [2.75, 3.05) is 39.6 Å².